The van der Waals surface area contributed by atoms with Crippen LogP contribution in [0.25, 0.3) is 11.2 Å². The molecule has 4 atom stereocenters. The summed E-state index contributed by atoms with van der Waals surface area (Å²) in [6.45, 7) is 36.8. The van der Waals surface area contributed by atoms with E-state index in [1.807, 2.05) is 4.57 Å². The molecule has 3 heterocycles. The van der Waals surface area contributed by atoms with Crippen LogP contribution >= 0.6 is 0 Å². The van der Waals surface area contributed by atoms with Gasteiger partial charge in [0.2, 0.25) is 5.95 Å². The van der Waals surface area contributed by atoms with Gasteiger partial charge in [0.15, 0.2) is 42.3 Å². The molecule has 0 aliphatic carbocycles. The summed E-state index contributed by atoms with van der Waals surface area (Å²) in [6.07, 6.45) is 65.5. The third kappa shape index (κ3) is 32.7. The predicted octanol–water partition coefficient (Wildman–Crippen LogP) is 27.5. The van der Waals surface area contributed by atoms with E-state index in [9.17, 15) is 4.79 Å². The van der Waals surface area contributed by atoms with Gasteiger partial charge in [0.1, 0.15) is 18.3 Å². The average Bonchev–Trinajstić information content (AvgIpc) is 1.61. The number of aromatic amines is 1. The average molecular weight is 1380 g/mol. The van der Waals surface area contributed by atoms with Crippen molar-refractivity contribution in [3.8, 4) is 0 Å². The van der Waals surface area contributed by atoms with Crippen LogP contribution in [0.15, 0.2) is 11.1 Å². The van der Waals surface area contributed by atoms with Crippen molar-refractivity contribution in [1.82, 2.24) is 19.5 Å². The second-order valence-corrected chi connectivity index (χ2v) is 47.7. The second-order valence-electron chi connectivity index (χ2n) is 32.8. The van der Waals surface area contributed by atoms with E-state index in [2.05, 4.69) is 109 Å². The molecule has 0 amide bonds. The highest BCUT2D eigenvalue weighted by molar-refractivity contribution is 6.77. The fourth-order valence-corrected chi connectivity index (χ4v) is 30.9. The fraction of sp³-hybridized carbons (Fsp3) is 0.939. The van der Waals surface area contributed by atoms with Gasteiger partial charge in [-0.15, -0.1) is 0 Å². The number of hydrogen-bond donors (Lipinski definition) is 2. The monoisotopic (exact) mass is 1380 g/mol. The van der Waals surface area contributed by atoms with E-state index >= 15 is 0 Å². The Hall–Kier alpha value is -1.36. The Morgan fingerprint density at radius 3 is 0.958 bits per heavy atom. The van der Waals surface area contributed by atoms with Gasteiger partial charge in [-0.3, -0.25) is 14.3 Å². The highest BCUT2D eigenvalue weighted by atomic mass is 28.4. The molecule has 2 aromatic heterocycles. The van der Waals surface area contributed by atoms with Crippen LogP contribution in [0.5, 0.6) is 0 Å². The van der Waals surface area contributed by atoms with E-state index in [0.717, 1.165) is 18.1 Å². The van der Waals surface area contributed by atoms with E-state index in [1.54, 1.807) is 6.33 Å². The van der Waals surface area contributed by atoms with Crippen molar-refractivity contribution < 1.29 is 18.0 Å². The van der Waals surface area contributed by atoms with E-state index < -0.39 is 43.4 Å². The minimum absolute atomic E-state index is 0.0764. The molecule has 10 nitrogen and oxygen atoms in total. The number of imidazole rings is 1. The van der Waals surface area contributed by atoms with Crippen LogP contribution in [-0.2, 0) is 18.0 Å². The van der Waals surface area contributed by atoms with Crippen LogP contribution in [-0.4, -0.2) is 69.4 Å². The van der Waals surface area contributed by atoms with Crippen molar-refractivity contribution in [1.29, 1.82) is 0 Å². The number of ether oxygens (including phenoxy) is 1. The summed E-state index contributed by atoms with van der Waals surface area (Å²) in [5.41, 5.74) is 9.14. The number of anilines is 1. The number of rotatable bonds is 65. The lowest BCUT2D eigenvalue weighted by atomic mass is 10.0. The first kappa shape index (κ1) is 87.9. The molecule has 558 valence electrons. The zero-order valence-corrected chi connectivity index (χ0v) is 69.1. The normalized spacial score (nSPS) is 16.8. The molecule has 0 unspecified atom stereocenters. The Kier molecular flexibility index (Phi) is 48.6. The van der Waals surface area contributed by atoms with Gasteiger partial charge in [0.25, 0.3) is 5.56 Å². The molecule has 3 N–H and O–H groups in total. The first-order valence-electron chi connectivity index (χ1n) is 42.3. The molecule has 2 aromatic rings. The van der Waals surface area contributed by atoms with Crippen molar-refractivity contribution in [3.63, 3.8) is 0 Å². The van der Waals surface area contributed by atoms with Crippen LogP contribution in [0.1, 0.15) is 418 Å². The maximum Gasteiger partial charge on any atom is 0.280 e. The first-order valence-corrected chi connectivity index (χ1v) is 49.1. The molecule has 3 rings (SSSR count). The number of nitrogens with two attached hydrogens (primary N) is 1. The highest BCUT2D eigenvalue weighted by Gasteiger charge is 2.57. The number of nitrogen functional groups attached to an aromatic ring is 1. The summed E-state index contributed by atoms with van der Waals surface area (Å²) in [6, 6.07) is 3.38. The lowest BCUT2D eigenvalue weighted by molar-refractivity contribution is -0.0475. The van der Waals surface area contributed by atoms with Gasteiger partial charge in [-0.2, -0.15) is 4.98 Å². The van der Waals surface area contributed by atoms with Gasteiger partial charge in [-0.25, -0.2) is 4.98 Å². The van der Waals surface area contributed by atoms with Crippen molar-refractivity contribution >= 4 is 42.1 Å². The fourth-order valence-electron chi connectivity index (χ4n) is 16.9. The molecular formula is C82H163N5O5Si3. The second kappa shape index (κ2) is 52.6. The largest absolute Gasteiger partial charge is 0.414 e. The highest BCUT2D eigenvalue weighted by Crippen LogP contribution is 2.49. The number of hydrogen-bond acceptors (Lipinski definition) is 8. The number of unbranched alkanes of at least 4 members (excludes halogenated alkanes) is 45. The Morgan fingerprint density at radius 1 is 0.411 bits per heavy atom. The van der Waals surface area contributed by atoms with Crippen molar-refractivity contribution in [2.75, 3.05) is 12.3 Å². The van der Waals surface area contributed by atoms with Gasteiger partial charge in [0, 0.05) is 0 Å². The predicted molar refractivity (Wildman–Crippen MR) is 423 cm³/mol. The molecule has 13 heteroatoms. The summed E-state index contributed by atoms with van der Waals surface area (Å²) in [5.74, 6) is 0.0764. The molecule has 0 aromatic carbocycles. The third-order valence-electron chi connectivity index (χ3n) is 23.4. The summed E-state index contributed by atoms with van der Waals surface area (Å²) < 4.78 is 34.3. The molecule has 0 spiro atoms. The van der Waals surface area contributed by atoms with Gasteiger partial charge in [-0.1, -0.05) is 412 Å². The van der Waals surface area contributed by atoms with Crippen molar-refractivity contribution in [3.05, 3.63) is 16.7 Å². The van der Waals surface area contributed by atoms with Crippen LogP contribution in [0.2, 0.25) is 51.4 Å². The maximum absolute atomic E-state index is 13.6. The smallest absolute Gasteiger partial charge is 0.280 e. The Bertz CT molecular complexity index is 2160. The molecular weight excluding hydrogens is 1220 g/mol. The SMILES string of the molecule is CCCCCCCCCCCCCCCCCC[Si](OC[C@H]1O[C@@H](n2cnc3c(=O)[nH]c(N)nc32)[C@H](O[Si](CCCCCCCCCCCCCCCCCC)(C(C)C)C(C)C)[C@@H]1O[Si](CCCCCCCCCCCCCCCCCC)(C(C)C)C(C)C)(C(C)C)C(C)C. The molecule has 1 aliphatic heterocycles. The molecule has 1 fully saturated rings. The summed E-state index contributed by atoms with van der Waals surface area (Å²) in [4.78, 5) is 26.0. The maximum atomic E-state index is 13.6. The van der Waals surface area contributed by atoms with Crippen LogP contribution < -0.4 is 11.3 Å². The van der Waals surface area contributed by atoms with E-state index in [1.165, 1.54) is 308 Å². The van der Waals surface area contributed by atoms with Crippen LogP contribution in [0, 0.1) is 0 Å². The molecule has 0 bridgehead atoms. The van der Waals surface area contributed by atoms with E-state index in [-0.39, 0.29) is 23.1 Å². The number of nitrogens with zero attached hydrogens (tertiary/aromatic N) is 3. The topological polar surface area (TPSA) is 127 Å². The Morgan fingerprint density at radius 2 is 0.674 bits per heavy atom. The number of fused-ring (bicyclic) bond motifs is 1. The zero-order valence-electron chi connectivity index (χ0n) is 66.1. The summed E-state index contributed by atoms with van der Waals surface area (Å²) in [5, 5.41) is 0. The van der Waals surface area contributed by atoms with E-state index in [0.29, 0.717) is 45.5 Å². The number of nitrogens with one attached hydrogen (secondary N) is 1. The van der Waals surface area contributed by atoms with Gasteiger partial charge < -0.3 is 23.7 Å². The lowest BCUT2D eigenvalue weighted by Crippen LogP contribution is -2.57. The van der Waals surface area contributed by atoms with E-state index in [4.69, 9.17) is 33.7 Å². The zero-order chi connectivity index (χ0) is 69.6. The lowest BCUT2D eigenvalue weighted by Gasteiger charge is -2.47. The standard InChI is InChI=1S/C82H163N5O5Si3/c1-16-19-22-25-28-31-34-37-40-43-46-49-52-55-58-61-64-93(69(4)5,70(6)7)89-67-75-77(91-94(71(8)9,72(10)11)65-62-59-56-53-50-47-44-41-38-35-32-29-26-23-20-17-2)78(81(90-75)87-68-84-76-79(87)85-82(83)86-80(76)88)92-95(73(12)13,74(14)15)66-63-60-57-54-51-48-45-42-39-36-33-30-27-24-21-18-3/h68-75,77-78,81H,16-67H2,1-15H3,(H3,83,85,86,88)/t75-,77-,78-,81-/m1/s1. The molecule has 1 saturated heterocycles. The number of H-pyrrole nitrogens is 1. The number of aromatic nitrogens is 4. The quantitative estimate of drug-likeness (QED) is 0.0495. The van der Waals surface area contributed by atoms with Crippen molar-refractivity contribution in [2.45, 2.75) is 488 Å². The molecule has 0 radical (unpaired) electrons. The third-order valence-corrected chi connectivity index (χ3v) is 40.6. The first-order chi connectivity index (χ1) is 45.9. The molecule has 95 heavy (non-hydrogen) atoms. The van der Waals surface area contributed by atoms with Crippen LogP contribution in [0.3, 0.4) is 0 Å². The Balaban J connectivity index is 1.93. The molecule has 1 aliphatic rings. The molecule has 0 saturated carbocycles. The van der Waals surface area contributed by atoms with Gasteiger partial charge in [-0.05, 0) is 51.4 Å². The van der Waals surface area contributed by atoms with Gasteiger partial charge in [0.05, 0.1) is 12.9 Å². The minimum Gasteiger partial charge on any atom is -0.414 e. The minimum atomic E-state index is -2.60. The van der Waals surface area contributed by atoms with Crippen LogP contribution in [0.4, 0.5) is 5.95 Å². The summed E-state index contributed by atoms with van der Waals surface area (Å²) >= 11 is 0. The Labute approximate surface area is 593 Å². The summed E-state index contributed by atoms with van der Waals surface area (Å²) in [7, 11) is -7.53. The van der Waals surface area contributed by atoms with Crippen molar-refractivity contribution in [2.24, 2.45) is 0 Å². The van der Waals surface area contributed by atoms with Gasteiger partial charge >= 0.3 is 0 Å².